The van der Waals surface area contributed by atoms with Crippen molar-refractivity contribution in [2.45, 2.75) is 13.8 Å². The lowest BCUT2D eigenvalue weighted by molar-refractivity contribution is 1.06. The fourth-order valence-electron chi connectivity index (χ4n) is 1.57. The summed E-state index contributed by atoms with van der Waals surface area (Å²) in [6.45, 7) is 4.63. The number of fused-ring (bicyclic) bond motifs is 1. The molecule has 1 heterocycles. The summed E-state index contributed by atoms with van der Waals surface area (Å²) in [6.07, 6.45) is 0. The summed E-state index contributed by atoms with van der Waals surface area (Å²) in [5.41, 5.74) is 1.59. The van der Waals surface area contributed by atoms with Gasteiger partial charge in [0.05, 0.1) is 10.9 Å². The molecule has 0 aliphatic heterocycles. The van der Waals surface area contributed by atoms with E-state index in [0.717, 1.165) is 17.7 Å². The first kappa shape index (κ1) is 9.71. The number of nitrogens with one attached hydrogen (secondary N) is 2. The van der Waals surface area contributed by atoms with E-state index < -0.39 is 0 Å². The van der Waals surface area contributed by atoms with Crippen LogP contribution in [0.15, 0.2) is 23.0 Å². The summed E-state index contributed by atoms with van der Waals surface area (Å²) in [6, 6.07) is 5.61. The topological polar surface area (TPSA) is 57.8 Å². The Morgan fingerprint density at radius 2 is 2.27 bits per heavy atom. The maximum absolute atomic E-state index is 11.6. The number of nitrogens with zero attached hydrogens (tertiary/aromatic N) is 1. The molecule has 0 spiro atoms. The molecule has 0 saturated carbocycles. The first-order valence-electron chi connectivity index (χ1n) is 4.95. The summed E-state index contributed by atoms with van der Waals surface area (Å²) >= 11 is 0. The molecule has 0 bridgehead atoms. The third-order valence-electron chi connectivity index (χ3n) is 2.20. The van der Waals surface area contributed by atoms with Crippen LogP contribution in [-0.4, -0.2) is 16.5 Å². The lowest BCUT2D eigenvalue weighted by Gasteiger charge is -2.04. The molecule has 1 aromatic heterocycles. The van der Waals surface area contributed by atoms with Gasteiger partial charge in [0.25, 0.3) is 5.56 Å². The molecule has 0 amide bonds. The fourth-order valence-corrected chi connectivity index (χ4v) is 1.57. The van der Waals surface area contributed by atoms with Crippen molar-refractivity contribution in [3.05, 3.63) is 34.4 Å². The number of hydrogen-bond acceptors (Lipinski definition) is 3. The van der Waals surface area contributed by atoms with E-state index in [1.165, 1.54) is 0 Å². The van der Waals surface area contributed by atoms with Crippen molar-refractivity contribution in [2.24, 2.45) is 0 Å². The Morgan fingerprint density at radius 1 is 1.47 bits per heavy atom. The quantitative estimate of drug-likeness (QED) is 0.780. The van der Waals surface area contributed by atoms with E-state index in [9.17, 15) is 4.79 Å². The van der Waals surface area contributed by atoms with Crippen LogP contribution in [0.25, 0.3) is 10.9 Å². The fraction of sp³-hybridized carbons (Fsp3) is 0.273. The Labute approximate surface area is 87.4 Å². The number of hydrogen-bond donors (Lipinski definition) is 2. The van der Waals surface area contributed by atoms with Gasteiger partial charge in [-0.3, -0.25) is 4.79 Å². The summed E-state index contributed by atoms with van der Waals surface area (Å²) < 4.78 is 0. The average molecular weight is 203 g/mol. The second kappa shape index (κ2) is 3.73. The molecule has 2 aromatic rings. The molecule has 1 aromatic carbocycles. The van der Waals surface area contributed by atoms with Gasteiger partial charge in [-0.15, -0.1) is 0 Å². The van der Waals surface area contributed by atoms with Crippen molar-refractivity contribution in [3.63, 3.8) is 0 Å². The predicted molar refractivity (Wildman–Crippen MR) is 61.3 cm³/mol. The number of benzene rings is 1. The summed E-state index contributed by atoms with van der Waals surface area (Å²) in [5, 5.41) is 3.79. The van der Waals surface area contributed by atoms with Gasteiger partial charge in [0.15, 0.2) is 0 Å². The average Bonchev–Trinajstić information content (AvgIpc) is 2.19. The van der Waals surface area contributed by atoms with E-state index in [1.807, 2.05) is 25.1 Å². The molecule has 0 atom stereocenters. The molecule has 4 nitrogen and oxygen atoms in total. The van der Waals surface area contributed by atoms with Crippen molar-refractivity contribution in [2.75, 3.05) is 11.9 Å². The highest BCUT2D eigenvalue weighted by Gasteiger charge is 2.01. The Morgan fingerprint density at radius 3 is 3.00 bits per heavy atom. The molecule has 78 valence electrons. The van der Waals surface area contributed by atoms with Gasteiger partial charge in [0.2, 0.25) is 0 Å². The van der Waals surface area contributed by atoms with Crippen LogP contribution in [0.3, 0.4) is 0 Å². The molecular formula is C11H13N3O. The number of rotatable bonds is 2. The maximum Gasteiger partial charge on any atom is 0.258 e. The molecule has 0 radical (unpaired) electrons. The van der Waals surface area contributed by atoms with Crippen molar-refractivity contribution < 1.29 is 0 Å². The lowest BCUT2D eigenvalue weighted by Crippen LogP contribution is -2.10. The minimum atomic E-state index is -0.0859. The van der Waals surface area contributed by atoms with E-state index in [2.05, 4.69) is 15.3 Å². The van der Waals surface area contributed by atoms with Crippen LogP contribution in [0.5, 0.6) is 0 Å². The zero-order valence-electron chi connectivity index (χ0n) is 8.79. The summed E-state index contributed by atoms with van der Waals surface area (Å²) in [7, 11) is 0. The molecule has 0 saturated heterocycles. The number of aryl methyl sites for hydroxylation is 1. The van der Waals surface area contributed by atoms with Crippen LogP contribution in [0.1, 0.15) is 12.7 Å². The van der Waals surface area contributed by atoms with E-state index >= 15 is 0 Å². The first-order valence-corrected chi connectivity index (χ1v) is 4.95. The van der Waals surface area contributed by atoms with E-state index in [1.54, 1.807) is 6.92 Å². The van der Waals surface area contributed by atoms with Crippen LogP contribution in [0, 0.1) is 6.92 Å². The molecule has 0 unspecified atom stereocenters. The molecule has 0 aliphatic rings. The SMILES string of the molecule is CCNc1ccc2nc(C)[nH]c(=O)c2c1. The molecule has 2 N–H and O–H groups in total. The zero-order valence-corrected chi connectivity index (χ0v) is 8.79. The van der Waals surface area contributed by atoms with Gasteiger partial charge < -0.3 is 10.3 Å². The van der Waals surface area contributed by atoms with Gasteiger partial charge in [-0.2, -0.15) is 0 Å². The van der Waals surface area contributed by atoms with Crippen molar-refractivity contribution in [1.29, 1.82) is 0 Å². The summed E-state index contributed by atoms with van der Waals surface area (Å²) in [5.74, 6) is 0.642. The molecular weight excluding hydrogens is 190 g/mol. The second-order valence-electron chi connectivity index (χ2n) is 3.41. The second-order valence-corrected chi connectivity index (χ2v) is 3.41. The normalized spacial score (nSPS) is 10.5. The van der Waals surface area contributed by atoms with E-state index in [0.29, 0.717) is 11.2 Å². The molecule has 15 heavy (non-hydrogen) atoms. The minimum absolute atomic E-state index is 0.0859. The van der Waals surface area contributed by atoms with Gasteiger partial charge in [-0.25, -0.2) is 4.98 Å². The van der Waals surface area contributed by atoms with Crippen molar-refractivity contribution in [1.82, 2.24) is 9.97 Å². The molecule has 0 aliphatic carbocycles. The van der Waals surface area contributed by atoms with Gasteiger partial charge in [0.1, 0.15) is 5.82 Å². The van der Waals surface area contributed by atoms with Crippen LogP contribution >= 0.6 is 0 Å². The van der Waals surface area contributed by atoms with Crippen LogP contribution in [-0.2, 0) is 0 Å². The minimum Gasteiger partial charge on any atom is -0.385 e. The number of H-pyrrole nitrogens is 1. The predicted octanol–water partition coefficient (Wildman–Crippen LogP) is 1.66. The highest BCUT2D eigenvalue weighted by Crippen LogP contribution is 2.13. The van der Waals surface area contributed by atoms with Gasteiger partial charge >= 0.3 is 0 Å². The highest BCUT2D eigenvalue weighted by atomic mass is 16.1. The van der Waals surface area contributed by atoms with Crippen LogP contribution in [0.4, 0.5) is 5.69 Å². The lowest BCUT2D eigenvalue weighted by atomic mass is 10.2. The number of anilines is 1. The zero-order chi connectivity index (χ0) is 10.8. The number of aromatic nitrogens is 2. The van der Waals surface area contributed by atoms with Crippen LogP contribution < -0.4 is 10.9 Å². The summed E-state index contributed by atoms with van der Waals surface area (Å²) in [4.78, 5) is 18.6. The third-order valence-corrected chi connectivity index (χ3v) is 2.20. The number of aromatic amines is 1. The largest absolute Gasteiger partial charge is 0.385 e. The Bertz CT molecular complexity index is 545. The van der Waals surface area contributed by atoms with Crippen LogP contribution in [0.2, 0.25) is 0 Å². The monoisotopic (exact) mass is 203 g/mol. The maximum atomic E-state index is 11.6. The van der Waals surface area contributed by atoms with E-state index in [4.69, 9.17) is 0 Å². The third kappa shape index (κ3) is 1.83. The van der Waals surface area contributed by atoms with E-state index in [-0.39, 0.29) is 5.56 Å². The Balaban J connectivity index is 2.66. The molecule has 2 rings (SSSR count). The van der Waals surface area contributed by atoms with Gasteiger partial charge in [0, 0.05) is 12.2 Å². The van der Waals surface area contributed by atoms with Gasteiger partial charge in [-0.05, 0) is 32.0 Å². The Kier molecular flexibility index (Phi) is 2.41. The molecule has 4 heteroatoms. The Hall–Kier alpha value is -1.84. The smallest absolute Gasteiger partial charge is 0.258 e. The van der Waals surface area contributed by atoms with Crippen molar-refractivity contribution >= 4 is 16.6 Å². The first-order chi connectivity index (χ1) is 7.20. The van der Waals surface area contributed by atoms with Gasteiger partial charge in [-0.1, -0.05) is 0 Å². The highest BCUT2D eigenvalue weighted by molar-refractivity contribution is 5.81. The molecule has 0 fully saturated rings. The standard InChI is InChI=1S/C11H13N3O/c1-3-12-8-4-5-10-9(6-8)11(15)14-7(2)13-10/h4-6,12H,3H2,1-2H3,(H,13,14,15). The van der Waals surface area contributed by atoms with Crippen molar-refractivity contribution in [3.8, 4) is 0 Å².